The summed E-state index contributed by atoms with van der Waals surface area (Å²) in [7, 11) is 0. The molecule has 2 aromatic carbocycles. The van der Waals surface area contributed by atoms with Gasteiger partial charge in [-0.1, -0.05) is 73.0 Å². The van der Waals surface area contributed by atoms with Crippen LogP contribution in [-0.4, -0.2) is 17.9 Å². The van der Waals surface area contributed by atoms with Crippen molar-refractivity contribution in [2.45, 2.75) is 56.5 Å². The van der Waals surface area contributed by atoms with E-state index in [4.69, 9.17) is 0 Å². The summed E-state index contributed by atoms with van der Waals surface area (Å²) in [5, 5.41) is 3.08. The first-order chi connectivity index (χ1) is 14.1. The molecule has 0 radical (unpaired) electrons. The van der Waals surface area contributed by atoms with Gasteiger partial charge in [-0.15, -0.1) is 0 Å². The van der Waals surface area contributed by atoms with Crippen molar-refractivity contribution in [1.29, 1.82) is 0 Å². The van der Waals surface area contributed by atoms with Gasteiger partial charge in [0.05, 0.1) is 17.1 Å². The van der Waals surface area contributed by atoms with Gasteiger partial charge in [-0.2, -0.15) is 0 Å². The average molecular weight is 407 g/mol. The second kappa shape index (κ2) is 8.87. The Kier molecular flexibility index (Phi) is 6.05. The number of hydrogen-bond donors (Lipinski definition) is 1. The summed E-state index contributed by atoms with van der Waals surface area (Å²) in [6.45, 7) is 2.53. The fourth-order valence-corrected chi connectivity index (χ4v) is 4.93. The first-order valence-corrected chi connectivity index (χ1v) is 11.1. The van der Waals surface area contributed by atoms with E-state index in [-0.39, 0.29) is 17.9 Å². The van der Waals surface area contributed by atoms with Crippen LogP contribution in [0.15, 0.2) is 64.4 Å². The molecule has 1 aliphatic heterocycles. The van der Waals surface area contributed by atoms with Crippen molar-refractivity contribution in [2.75, 3.05) is 4.90 Å². The second-order valence-corrected chi connectivity index (χ2v) is 8.88. The summed E-state index contributed by atoms with van der Waals surface area (Å²) in [5.74, 6) is -0.282. The minimum Gasteiger partial charge on any atom is -0.350 e. The van der Waals surface area contributed by atoms with Gasteiger partial charge in [0.15, 0.2) is 0 Å². The van der Waals surface area contributed by atoms with E-state index in [2.05, 4.69) is 17.4 Å². The van der Waals surface area contributed by atoms with Gasteiger partial charge in [0.1, 0.15) is 0 Å². The number of rotatable bonds is 4. The number of benzene rings is 2. The molecule has 0 spiro atoms. The molecule has 2 aliphatic rings. The van der Waals surface area contributed by atoms with Crippen LogP contribution in [0.5, 0.6) is 0 Å². The molecule has 1 N–H and O–H groups in total. The van der Waals surface area contributed by atoms with Crippen LogP contribution >= 0.6 is 11.8 Å². The second-order valence-electron chi connectivity index (χ2n) is 7.80. The van der Waals surface area contributed by atoms with Gasteiger partial charge in [0.2, 0.25) is 5.91 Å². The normalized spacial score (nSPS) is 18.6. The number of amides is 2. The zero-order valence-corrected chi connectivity index (χ0v) is 17.5. The Labute approximate surface area is 176 Å². The molecule has 0 saturated heterocycles. The van der Waals surface area contributed by atoms with Gasteiger partial charge in [-0.25, -0.2) is 0 Å². The third-order valence-corrected chi connectivity index (χ3v) is 6.58. The summed E-state index contributed by atoms with van der Waals surface area (Å²) >= 11 is 1.38. The highest BCUT2D eigenvalue weighted by atomic mass is 32.2. The number of carbonyl (C=O) groups excluding carboxylic acids is 2. The van der Waals surface area contributed by atoms with E-state index in [0.29, 0.717) is 11.4 Å². The Bertz CT molecular complexity index is 930. The van der Waals surface area contributed by atoms with E-state index in [0.717, 1.165) is 41.8 Å². The molecule has 0 atom stereocenters. The highest BCUT2D eigenvalue weighted by molar-refractivity contribution is 8.04. The number of para-hydroxylation sites is 1. The number of anilines is 1. The van der Waals surface area contributed by atoms with Crippen molar-refractivity contribution in [1.82, 2.24) is 5.32 Å². The predicted octanol–water partition coefficient (Wildman–Crippen LogP) is 4.97. The lowest BCUT2D eigenvalue weighted by molar-refractivity contribution is -0.118. The number of nitrogens with one attached hydrogen (secondary N) is 1. The zero-order valence-electron chi connectivity index (χ0n) is 16.7. The predicted molar refractivity (Wildman–Crippen MR) is 118 cm³/mol. The molecule has 1 fully saturated rings. The van der Waals surface area contributed by atoms with Crippen LogP contribution in [0, 0.1) is 6.92 Å². The van der Waals surface area contributed by atoms with Crippen LogP contribution in [0.4, 0.5) is 5.69 Å². The lowest BCUT2D eigenvalue weighted by Gasteiger charge is -2.30. The summed E-state index contributed by atoms with van der Waals surface area (Å²) < 4.78 is 0. The number of carbonyl (C=O) groups is 2. The summed E-state index contributed by atoms with van der Waals surface area (Å²) in [4.78, 5) is 29.1. The first kappa shape index (κ1) is 19.8. The maximum absolute atomic E-state index is 13.2. The fraction of sp³-hybridized carbons (Fsp3) is 0.333. The van der Waals surface area contributed by atoms with E-state index < -0.39 is 0 Å². The van der Waals surface area contributed by atoms with E-state index in [1.807, 2.05) is 43.3 Å². The SMILES string of the molecule is Cc1ccc(CN2C(=O)/C(=C/C(=O)NC3CCCCC3)Sc3ccccc32)cc1. The number of nitrogens with zero attached hydrogens (tertiary/aromatic N) is 1. The summed E-state index contributed by atoms with van der Waals surface area (Å²) in [6.07, 6.45) is 7.10. The quantitative estimate of drug-likeness (QED) is 0.730. The number of hydrogen-bond acceptors (Lipinski definition) is 3. The highest BCUT2D eigenvalue weighted by Gasteiger charge is 2.30. The third kappa shape index (κ3) is 4.73. The molecule has 1 aliphatic carbocycles. The molecule has 0 aromatic heterocycles. The van der Waals surface area contributed by atoms with Crippen molar-refractivity contribution in [3.05, 3.63) is 70.6 Å². The van der Waals surface area contributed by atoms with E-state index in [9.17, 15) is 9.59 Å². The minimum absolute atomic E-state index is 0.118. The number of aryl methyl sites for hydroxylation is 1. The maximum atomic E-state index is 13.2. The molecule has 2 aromatic rings. The standard InChI is InChI=1S/C24H26N2O2S/c1-17-11-13-18(14-12-17)16-26-20-9-5-6-10-21(20)29-22(24(26)28)15-23(27)25-19-7-3-2-4-8-19/h5-6,9-15,19H,2-4,7-8,16H2,1H3,(H,25,27)/b22-15-. The minimum atomic E-state index is -0.164. The lowest BCUT2D eigenvalue weighted by atomic mass is 9.95. The van der Waals surface area contributed by atoms with Crippen LogP contribution in [0.25, 0.3) is 0 Å². The maximum Gasteiger partial charge on any atom is 0.265 e. The Morgan fingerprint density at radius 2 is 1.83 bits per heavy atom. The molecule has 5 heteroatoms. The van der Waals surface area contributed by atoms with Gasteiger partial charge in [-0.3, -0.25) is 9.59 Å². The van der Waals surface area contributed by atoms with Gasteiger partial charge < -0.3 is 10.2 Å². The van der Waals surface area contributed by atoms with Crippen molar-refractivity contribution in [2.24, 2.45) is 0 Å². The van der Waals surface area contributed by atoms with Crippen LogP contribution < -0.4 is 10.2 Å². The monoisotopic (exact) mass is 406 g/mol. The average Bonchev–Trinajstić information content (AvgIpc) is 2.73. The summed E-state index contributed by atoms with van der Waals surface area (Å²) in [6, 6.07) is 16.3. The Morgan fingerprint density at radius 1 is 1.10 bits per heavy atom. The molecule has 4 rings (SSSR count). The molecule has 0 unspecified atom stereocenters. The number of fused-ring (bicyclic) bond motifs is 1. The van der Waals surface area contributed by atoms with Crippen LogP contribution in [0.1, 0.15) is 43.2 Å². The largest absolute Gasteiger partial charge is 0.350 e. The van der Waals surface area contributed by atoms with Gasteiger partial charge in [0.25, 0.3) is 5.91 Å². The van der Waals surface area contributed by atoms with Gasteiger partial charge in [0, 0.05) is 17.0 Å². The third-order valence-electron chi connectivity index (χ3n) is 5.51. The lowest BCUT2D eigenvalue weighted by Crippen LogP contribution is -2.37. The highest BCUT2D eigenvalue weighted by Crippen LogP contribution is 2.41. The molecule has 150 valence electrons. The van der Waals surface area contributed by atoms with Crippen molar-refractivity contribution >= 4 is 29.3 Å². The van der Waals surface area contributed by atoms with Crippen molar-refractivity contribution in [3.63, 3.8) is 0 Å². The molecule has 2 amide bonds. The molecular weight excluding hydrogens is 380 g/mol. The molecule has 4 nitrogen and oxygen atoms in total. The summed E-state index contributed by atoms with van der Waals surface area (Å²) in [5.41, 5.74) is 3.15. The molecule has 1 saturated carbocycles. The Hall–Kier alpha value is -2.53. The van der Waals surface area contributed by atoms with Gasteiger partial charge in [-0.05, 0) is 37.5 Å². The molecule has 0 bridgehead atoms. The molecule has 1 heterocycles. The number of thioether (sulfide) groups is 1. The fourth-order valence-electron chi connectivity index (χ4n) is 3.90. The Balaban J connectivity index is 1.57. The molecule has 29 heavy (non-hydrogen) atoms. The first-order valence-electron chi connectivity index (χ1n) is 10.3. The van der Waals surface area contributed by atoms with Crippen molar-refractivity contribution < 1.29 is 9.59 Å². The van der Waals surface area contributed by atoms with Crippen LogP contribution in [0.2, 0.25) is 0 Å². The smallest absolute Gasteiger partial charge is 0.265 e. The van der Waals surface area contributed by atoms with Gasteiger partial charge >= 0.3 is 0 Å². The Morgan fingerprint density at radius 3 is 2.59 bits per heavy atom. The van der Waals surface area contributed by atoms with Crippen molar-refractivity contribution in [3.8, 4) is 0 Å². The zero-order chi connectivity index (χ0) is 20.2. The van der Waals surface area contributed by atoms with Crippen LogP contribution in [0.3, 0.4) is 0 Å². The topological polar surface area (TPSA) is 49.4 Å². The van der Waals surface area contributed by atoms with E-state index in [1.54, 1.807) is 4.90 Å². The van der Waals surface area contributed by atoms with Crippen LogP contribution in [-0.2, 0) is 16.1 Å². The van der Waals surface area contributed by atoms with E-state index >= 15 is 0 Å². The van der Waals surface area contributed by atoms with E-state index in [1.165, 1.54) is 29.8 Å². The molecular formula is C24H26N2O2S.